The summed E-state index contributed by atoms with van der Waals surface area (Å²) in [5, 5.41) is 0. The molecule has 1 atom stereocenters. The molecule has 1 N–H and O–H groups in total. The predicted octanol–water partition coefficient (Wildman–Crippen LogP) is 0.0140. The van der Waals surface area contributed by atoms with E-state index in [-0.39, 0.29) is 37.7 Å². The van der Waals surface area contributed by atoms with Crippen molar-refractivity contribution in [3.05, 3.63) is 0 Å². The van der Waals surface area contributed by atoms with Crippen LogP contribution in [0, 0.1) is 0 Å². The van der Waals surface area contributed by atoms with Crippen LogP contribution in [0.2, 0.25) is 0 Å². The molecular formula is C5H9BrCaCl2N2O3. The number of alkyl halides is 2. The minimum absolute atomic E-state index is 0. The summed E-state index contributed by atoms with van der Waals surface area (Å²) in [6.45, 7) is 0. The number of hydrogen-bond donors (Lipinski definition) is 1. The molecule has 0 aromatic heterocycles. The molecule has 9 heteroatoms. The first-order valence-electron chi connectivity index (χ1n) is 2.99. The third kappa shape index (κ3) is 3.10. The molecule has 0 bridgehead atoms. The summed E-state index contributed by atoms with van der Waals surface area (Å²) in [4.78, 5) is 24.3. The predicted molar refractivity (Wildman–Crippen MR) is 60.1 cm³/mol. The second-order valence-corrected chi connectivity index (χ2v) is 4.40. The molecule has 1 rings (SSSR count). The van der Waals surface area contributed by atoms with Gasteiger partial charge in [-0.2, -0.15) is 0 Å². The molecule has 0 aromatic rings. The zero-order chi connectivity index (χ0) is 10.8. The molecule has 0 radical (unpaired) electrons. The van der Waals surface area contributed by atoms with Gasteiger partial charge in [0.2, 0.25) is 0 Å². The summed E-state index contributed by atoms with van der Waals surface area (Å²) < 4.78 is 5.08. The number of carbonyl (C=O) groups is 2. The fourth-order valence-electron chi connectivity index (χ4n) is 0.777. The number of nitrogens with zero attached hydrogens (tertiary/aromatic N) is 2. The first kappa shape index (κ1) is 17.6. The van der Waals surface area contributed by atoms with Gasteiger partial charge in [-0.1, -0.05) is 11.6 Å². The summed E-state index contributed by atoms with van der Waals surface area (Å²) in [6.07, 6.45) is 0. The van der Waals surface area contributed by atoms with Gasteiger partial charge in [-0.25, -0.2) is 4.79 Å². The van der Waals surface area contributed by atoms with Crippen molar-refractivity contribution >= 4 is 89.1 Å². The van der Waals surface area contributed by atoms with E-state index in [9.17, 15) is 9.59 Å². The second kappa shape index (κ2) is 6.73. The zero-order valence-electron chi connectivity index (χ0n) is 6.79. The Morgan fingerprint density at radius 3 is 1.79 bits per heavy atom. The maximum atomic E-state index is 11.1. The molecule has 1 unspecified atom stereocenters. The van der Waals surface area contributed by atoms with Crippen LogP contribution in [0.25, 0.3) is 0 Å². The number of likely N-dealkylation sites (N-methyl/N-ethyl adjacent to an activating group) is 2. The molecule has 0 aliphatic carbocycles. The summed E-state index contributed by atoms with van der Waals surface area (Å²) in [7, 11) is 2.83. The monoisotopic (exact) mass is 334 g/mol. The third-order valence-electron chi connectivity index (χ3n) is 1.56. The number of carbonyl (C=O) groups excluding carboxylic acids is 2. The fraction of sp³-hybridized carbons (Fsp3) is 0.600. The van der Waals surface area contributed by atoms with Gasteiger partial charge in [0, 0.05) is 14.1 Å². The normalized spacial score (nSPS) is 25.6. The van der Waals surface area contributed by atoms with Gasteiger partial charge in [0.15, 0.2) is 0 Å². The first-order valence-corrected chi connectivity index (χ1v) is 4.50. The zero-order valence-corrected chi connectivity index (χ0v) is 9.89. The molecular weight excluding hydrogens is 327 g/mol. The van der Waals surface area contributed by atoms with Crippen molar-refractivity contribution in [2.45, 2.75) is 3.91 Å². The van der Waals surface area contributed by atoms with Gasteiger partial charge in [0.25, 0.3) is 9.81 Å². The van der Waals surface area contributed by atoms with E-state index in [1.165, 1.54) is 14.1 Å². The quantitative estimate of drug-likeness (QED) is 0.294. The van der Waals surface area contributed by atoms with Gasteiger partial charge < -0.3 is 0 Å². The van der Waals surface area contributed by atoms with Crippen molar-refractivity contribution in [1.82, 2.24) is 9.80 Å². The summed E-state index contributed by atoms with van der Waals surface area (Å²) in [5.74, 6) is -0.466. The van der Waals surface area contributed by atoms with Gasteiger partial charge in [-0.15, -0.1) is 0 Å². The topological polar surface area (TPSA) is 60.9 Å². The molecule has 0 aromatic carbocycles. The average Bonchev–Trinajstić information content (AvgIpc) is 2.25. The number of imide groups is 1. The first-order chi connectivity index (χ1) is 5.89. The van der Waals surface area contributed by atoms with Crippen LogP contribution in [-0.2, 0) is 4.79 Å². The summed E-state index contributed by atoms with van der Waals surface area (Å²) >= 11 is 12.3. The van der Waals surface area contributed by atoms with E-state index in [2.05, 4.69) is 27.8 Å². The Bertz CT molecular complexity index is 241. The molecule has 3 amide bonds. The number of halogens is 3. The average molecular weight is 336 g/mol. The maximum absolute atomic E-state index is 11.1. The Morgan fingerprint density at radius 2 is 1.71 bits per heavy atom. The van der Waals surface area contributed by atoms with Gasteiger partial charge in [-0.3, -0.25) is 19.3 Å². The fourth-order valence-corrected chi connectivity index (χ4v) is 1.39. The van der Waals surface area contributed by atoms with Crippen molar-refractivity contribution in [1.29, 1.82) is 0 Å². The molecule has 0 saturated carbocycles. The van der Waals surface area contributed by atoms with E-state index in [0.717, 1.165) is 9.80 Å². The molecule has 1 aliphatic heterocycles. The van der Waals surface area contributed by atoms with Crippen LogP contribution in [-0.4, -0.2) is 82.1 Å². The van der Waals surface area contributed by atoms with Crippen LogP contribution in [0.1, 0.15) is 0 Å². The molecule has 1 fully saturated rings. The molecule has 80 valence electrons. The van der Waals surface area contributed by atoms with Gasteiger partial charge in [0.1, 0.15) is 0 Å². The van der Waals surface area contributed by atoms with E-state index in [4.69, 9.17) is 16.3 Å². The standard InChI is InChI=1S/C5H6BrClN2O2.Ca.ClHO.2H/c1-8-3(10)5(6,7)9(2)4(8)11;;1-2;;/h1-2H3;;2H;;. The SMILES string of the molecule is CN1C(=O)N(C)C(Cl)(Br)C1=O.OCl.[CaH2]. The van der Waals surface area contributed by atoms with Crippen LogP contribution < -0.4 is 0 Å². The summed E-state index contributed by atoms with van der Waals surface area (Å²) in [6, 6.07) is -0.415. The molecule has 0 spiro atoms. The van der Waals surface area contributed by atoms with E-state index < -0.39 is 15.8 Å². The van der Waals surface area contributed by atoms with E-state index in [1.807, 2.05) is 0 Å². The van der Waals surface area contributed by atoms with Crippen LogP contribution in [0.5, 0.6) is 0 Å². The van der Waals surface area contributed by atoms with Crippen molar-refractivity contribution in [2.24, 2.45) is 0 Å². The van der Waals surface area contributed by atoms with Gasteiger partial charge >= 0.3 is 43.8 Å². The Labute approximate surface area is 130 Å². The van der Waals surface area contributed by atoms with Crippen LogP contribution in [0.4, 0.5) is 4.79 Å². The van der Waals surface area contributed by atoms with E-state index in [0.29, 0.717) is 0 Å². The third-order valence-corrected chi connectivity index (χ3v) is 2.84. The van der Waals surface area contributed by atoms with Crippen LogP contribution >= 0.6 is 39.4 Å². The van der Waals surface area contributed by atoms with Crippen molar-refractivity contribution in [3.8, 4) is 0 Å². The van der Waals surface area contributed by atoms with Crippen molar-refractivity contribution < 1.29 is 14.2 Å². The molecule has 1 saturated heterocycles. The Hall–Kier alpha value is 1.22. The van der Waals surface area contributed by atoms with Crippen molar-refractivity contribution in [3.63, 3.8) is 0 Å². The van der Waals surface area contributed by atoms with Gasteiger partial charge in [-0.05, 0) is 15.9 Å². The molecule has 14 heavy (non-hydrogen) atoms. The second-order valence-electron chi connectivity index (χ2n) is 2.25. The summed E-state index contributed by atoms with van der Waals surface area (Å²) in [5.41, 5.74) is 0. The number of urea groups is 1. The Kier molecular flexibility index (Phi) is 8.46. The minimum atomic E-state index is -1.39. The Morgan fingerprint density at radius 1 is 1.36 bits per heavy atom. The number of hydrogen-bond acceptors (Lipinski definition) is 3. The number of amides is 3. The van der Waals surface area contributed by atoms with Crippen molar-refractivity contribution in [2.75, 3.05) is 14.1 Å². The number of rotatable bonds is 0. The van der Waals surface area contributed by atoms with Gasteiger partial charge in [0.05, 0.1) is 11.9 Å². The van der Waals surface area contributed by atoms with E-state index >= 15 is 0 Å². The Balaban J connectivity index is 0. The molecule has 5 nitrogen and oxygen atoms in total. The van der Waals surface area contributed by atoms with E-state index in [1.54, 1.807) is 0 Å². The van der Waals surface area contributed by atoms with Crippen LogP contribution in [0.3, 0.4) is 0 Å². The molecule has 1 aliphatic rings. The van der Waals surface area contributed by atoms with Crippen LogP contribution in [0.15, 0.2) is 0 Å². The molecule has 1 heterocycles.